The van der Waals surface area contributed by atoms with Crippen LogP contribution < -0.4 is 5.32 Å². The molecule has 4 rings (SSSR count). The topological polar surface area (TPSA) is 64.2 Å². The molecular weight excluding hydrogens is 350 g/mol. The largest absolute Gasteiger partial charge is 0.305 e. The number of imidazole rings is 1. The van der Waals surface area contributed by atoms with E-state index in [0.717, 1.165) is 16.8 Å². The highest BCUT2D eigenvalue weighted by molar-refractivity contribution is 6.31. The van der Waals surface area contributed by atoms with E-state index in [-0.39, 0.29) is 5.91 Å². The Kier molecular flexibility index (Phi) is 4.18. The summed E-state index contributed by atoms with van der Waals surface area (Å²) in [6.45, 7) is 2.37. The van der Waals surface area contributed by atoms with Gasteiger partial charge in [0.05, 0.1) is 18.9 Å². The van der Waals surface area contributed by atoms with Crippen LogP contribution in [0.3, 0.4) is 0 Å². The van der Waals surface area contributed by atoms with Crippen molar-refractivity contribution in [2.45, 2.75) is 13.5 Å². The fraction of sp³-hybridized carbons (Fsp3) is 0.105. The van der Waals surface area contributed by atoms with Gasteiger partial charge in [0.15, 0.2) is 0 Å². The van der Waals surface area contributed by atoms with E-state index in [1.54, 1.807) is 21.5 Å². The fourth-order valence-corrected chi connectivity index (χ4v) is 3.02. The van der Waals surface area contributed by atoms with Gasteiger partial charge in [0.2, 0.25) is 0 Å². The molecule has 1 aromatic carbocycles. The molecule has 26 heavy (non-hydrogen) atoms. The molecule has 7 heteroatoms. The summed E-state index contributed by atoms with van der Waals surface area (Å²) >= 11 is 6.25. The van der Waals surface area contributed by atoms with Crippen molar-refractivity contribution in [3.05, 3.63) is 82.9 Å². The van der Waals surface area contributed by atoms with Crippen LogP contribution in [0.25, 0.3) is 5.65 Å². The molecular formula is C19H16ClN5O. The van der Waals surface area contributed by atoms with Gasteiger partial charge >= 0.3 is 0 Å². The van der Waals surface area contributed by atoms with Gasteiger partial charge in [0.25, 0.3) is 5.91 Å². The molecule has 0 aliphatic carbocycles. The van der Waals surface area contributed by atoms with E-state index in [9.17, 15) is 4.79 Å². The van der Waals surface area contributed by atoms with Crippen molar-refractivity contribution < 1.29 is 4.79 Å². The molecule has 0 saturated carbocycles. The van der Waals surface area contributed by atoms with Crippen molar-refractivity contribution in [1.29, 1.82) is 0 Å². The summed E-state index contributed by atoms with van der Waals surface area (Å²) in [6, 6.07) is 13.2. The summed E-state index contributed by atoms with van der Waals surface area (Å²) in [6.07, 6.45) is 5.10. The van der Waals surface area contributed by atoms with E-state index in [2.05, 4.69) is 15.4 Å². The molecule has 0 atom stereocenters. The summed E-state index contributed by atoms with van der Waals surface area (Å²) in [5.74, 6) is 0.397. The number of hydrogen-bond donors (Lipinski definition) is 1. The van der Waals surface area contributed by atoms with Gasteiger partial charge in [-0.2, -0.15) is 5.10 Å². The first-order valence-corrected chi connectivity index (χ1v) is 8.50. The number of fused-ring (bicyclic) bond motifs is 1. The molecule has 0 fully saturated rings. The van der Waals surface area contributed by atoms with E-state index in [4.69, 9.17) is 11.6 Å². The Morgan fingerprint density at radius 1 is 1.15 bits per heavy atom. The Labute approximate surface area is 155 Å². The van der Waals surface area contributed by atoms with Gasteiger partial charge in [-0.15, -0.1) is 0 Å². The molecule has 1 N–H and O–H groups in total. The van der Waals surface area contributed by atoms with Gasteiger partial charge < -0.3 is 5.32 Å². The van der Waals surface area contributed by atoms with Gasteiger partial charge in [0.1, 0.15) is 17.2 Å². The fourth-order valence-electron chi connectivity index (χ4n) is 2.82. The average Bonchev–Trinajstić information content (AvgIpc) is 3.22. The molecule has 0 aliphatic rings. The number of nitrogens with one attached hydrogen (secondary N) is 1. The molecule has 4 aromatic rings. The normalized spacial score (nSPS) is 11.0. The predicted octanol–water partition coefficient (Wildman–Crippen LogP) is 3.79. The number of hydrogen-bond acceptors (Lipinski definition) is 3. The Hall–Kier alpha value is -3.12. The zero-order chi connectivity index (χ0) is 18.1. The zero-order valence-corrected chi connectivity index (χ0v) is 14.8. The lowest BCUT2D eigenvalue weighted by atomic mass is 10.2. The van der Waals surface area contributed by atoms with Crippen LogP contribution in [-0.4, -0.2) is 25.1 Å². The van der Waals surface area contributed by atoms with Crippen LogP contribution in [0.2, 0.25) is 5.02 Å². The van der Waals surface area contributed by atoms with Gasteiger partial charge in [0, 0.05) is 16.8 Å². The molecule has 0 radical (unpaired) electrons. The van der Waals surface area contributed by atoms with E-state index in [1.165, 1.54) is 0 Å². The van der Waals surface area contributed by atoms with Gasteiger partial charge in [-0.25, -0.2) is 9.67 Å². The molecule has 3 heterocycles. The Balaban J connectivity index is 1.63. The number of aromatic nitrogens is 4. The van der Waals surface area contributed by atoms with Crippen LogP contribution in [0.4, 0.5) is 5.82 Å². The number of anilines is 1. The third-order valence-corrected chi connectivity index (χ3v) is 4.55. The van der Waals surface area contributed by atoms with Crippen molar-refractivity contribution in [2.75, 3.05) is 5.32 Å². The number of benzene rings is 1. The van der Waals surface area contributed by atoms with E-state index >= 15 is 0 Å². The van der Waals surface area contributed by atoms with Crippen molar-refractivity contribution >= 4 is 29.0 Å². The SMILES string of the molecule is Cc1cnn(Cc2ccccc2Cl)c1NC(=O)c1cnc2ccccn12. The minimum Gasteiger partial charge on any atom is -0.305 e. The monoisotopic (exact) mass is 365 g/mol. The lowest BCUT2D eigenvalue weighted by Crippen LogP contribution is -2.18. The lowest BCUT2D eigenvalue weighted by Gasteiger charge is -2.11. The quantitative estimate of drug-likeness (QED) is 0.598. The second-order valence-electron chi connectivity index (χ2n) is 5.95. The van der Waals surface area contributed by atoms with E-state index in [0.29, 0.717) is 23.1 Å². The molecule has 1 amide bonds. The molecule has 6 nitrogen and oxygen atoms in total. The zero-order valence-electron chi connectivity index (χ0n) is 14.1. The maximum atomic E-state index is 12.8. The maximum absolute atomic E-state index is 12.8. The molecule has 0 saturated heterocycles. The second kappa shape index (κ2) is 6.65. The first kappa shape index (κ1) is 16.4. The first-order chi connectivity index (χ1) is 12.6. The molecule has 0 aliphatic heterocycles. The smallest absolute Gasteiger partial charge is 0.275 e. The van der Waals surface area contributed by atoms with Gasteiger partial charge in [-0.1, -0.05) is 35.9 Å². The van der Waals surface area contributed by atoms with Gasteiger partial charge in [-0.05, 0) is 30.7 Å². The highest BCUT2D eigenvalue weighted by atomic mass is 35.5. The van der Waals surface area contributed by atoms with Crippen LogP contribution in [0.15, 0.2) is 61.1 Å². The summed E-state index contributed by atoms with van der Waals surface area (Å²) in [5.41, 5.74) is 2.99. The van der Waals surface area contributed by atoms with Crippen LogP contribution >= 0.6 is 11.6 Å². The number of halogens is 1. The van der Waals surface area contributed by atoms with Crippen LogP contribution in [0, 0.1) is 6.92 Å². The maximum Gasteiger partial charge on any atom is 0.275 e. The number of nitrogens with zero attached hydrogens (tertiary/aromatic N) is 4. The second-order valence-corrected chi connectivity index (χ2v) is 6.36. The first-order valence-electron chi connectivity index (χ1n) is 8.13. The number of carbonyl (C=O) groups is 1. The number of aryl methyl sites for hydroxylation is 1. The summed E-state index contributed by atoms with van der Waals surface area (Å²) in [7, 11) is 0. The van der Waals surface area contributed by atoms with Crippen LogP contribution in [0.1, 0.15) is 21.6 Å². The number of carbonyl (C=O) groups excluding carboxylic acids is 1. The number of rotatable bonds is 4. The van der Waals surface area contributed by atoms with Crippen LogP contribution in [-0.2, 0) is 6.54 Å². The molecule has 3 aromatic heterocycles. The average molecular weight is 366 g/mol. The summed E-state index contributed by atoms with van der Waals surface area (Å²) < 4.78 is 3.48. The number of amides is 1. The summed E-state index contributed by atoms with van der Waals surface area (Å²) in [4.78, 5) is 17.0. The van der Waals surface area contributed by atoms with Crippen LogP contribution in [0.5, 0.6) is 0 Å². The Morgan fingerprint density at radius 3 is 2.81 bits per heavy atom. The standard InChI is InChI=1S/C19H16ClN5O/c1-13-10-22-25(12-14-6-2-3-7-15(14)20)18(13)23-19(26)16-11-21-17-8-4-5-9-24(16)17/h2-11H,12H2,1H3,(H,23,26). The molecule has 0 bridgehead atoms. The van der Waals surface area contributed by atoms with Crippen molar-refractivity contribution in [1.82, 2.24) is 19.2 Å². The molecule has 0 spiro atoms. The third-order valence-electron chi connectivity index (χ3n) is 4.18. The Bertz CT molecular complexity index is 1100. The molecule has 130 valence electrons. The summed E-state index contributed by atoms with van der Waals surface area (Å²) in [5, 5.41) is 7.99. The molecule has 0 unspecified atom stereocenters. The minimum absolute atomic E-state index is 0.243. The highest BCUT2D eigenvalue weighted by Crippen LogP contribution is 2.21. The van der Waals surface area contributed by atoms with Crippen molar-refractivity contribution in [3.8, 4) is 0 Å². The Morgan fingerprint density at radius 2 is 1.96 bits per heavy atom. The predicted molar refractivity (Wildman–Crippen MR) is 101 cm³/mol. The van der Waals surface area contributed by atoms with Crippen molar-refractivity contribution in [3.63, 3.8) is 0 Å². The van der Waals surface area contributed by atoms with E-state index < -0.39 is 0 Å². The van der Waals surface area contributed by atoms with E-state index in [1.807, 2.05) is 55.6 Å². The van der Waals surface area contributed by atoms with Crippen molar-refractivity contribution in [2.24, 2.45) is 0 Å². The number of pyridine rings is 1. The minimum atomic E-state index is -0.243. The highest BCUT2D eigenvalue weighted by Gasteiger charge is 2.16. The lowest BCUT2D eigenvalue weighted by molar-refractivity contribution is 0.102. The van der Waals surface area contributed by atoms with Gasteiger partial charge in [-0.3, -0.25) is 9.20 Å². The third kappa shape index (κ3) is 2.95.